The maximum absolute atomic E-state index is 5.49. The lowest BCUT2D eigenvalue weighted by molar-refractivity contribution is 0.413. The molecule has 0 saturated heterocycles. The molecule has 1 atom stereocenters. The lowest BCUT2D eigenvalue weighted by atomic mass is 9.94. The predicted molar refractivity (Wildman–Crippen MR) is 86.4 cm³/mol. The van der Waals surface area contributed by atoms with Gasteiger partial charge in [0, 0.05) is 11.4 Å². The van der Waals surface area contributed by atoms with E-state index in [0.29, 0.717) is 11.8 Å². The minimum Gasteiger partial charge on any atom is -0.490 e. The highest BCUT2D eigenvalue weighted by molar-refractivity contribution is 7.10. The number of nitrogens with one attached hydrogen (secondary N) is 2. The molecule has 2 N–H and O–H groups in total. The van der Waals surface area contributed by atoms with Crippen LogP contribution in [0.1, 0.15) is 36.2 Å². The fraction of sp³-hybridized carbons (Fsp3) is 0.467. The van der Waals surface area contributed by atoms with Crippen LogP contribution >= 0.6 is 11.3 Å². The molecule has 0 radical (unpaired) electrons. The SMILES string of the molecule is CCNc1ncnc(NC2CCCc3sccc32)c1OC. The maximum atomic E-state index is 5.49. The summed E-state index contributed by atoms with van der Waals surface area (Å²) >= 11 is 1.84. The summed E-state index contributed by atoms with van der Waals surface area (Å²) < 4.78 is 5.49. The summed E-state index contributed by atoms with van der Waals surface area (Å²) in [6.07, 6.45) is 5.08. The lowest BCUT2D eigenvalue weighted by Gasteiger charge is -2.25. The highest BCUT2D eigenvalue weighted by Gasteiger charge is 2.23. The van der Waals surface area contributed by atoms with Gasteiger partial charge in [0.05, 0.1) is 13.2 Å². The van der Waals surface area contributed by atoms with E-state index in [1.54, 1.807) is 13.4 Å². The number of hydrogen-bond donors (Lipinski definition) is 2. The zero-order chi connectivity index (χ0) is 14.7. The number of aromatic nitrogens is 2. The molecule has 112 valence electrons. The van der Waals surface area contributed by atoms with E-state index < -0.39 is 0 Å². The standard InChI is InChI=1S/C15H20N4OS/c1-3-16-14-13(20-2)15(18-9-17-14)19-11-5-4-6-12-10(11)7-8-21-12/h7-9,11H,3-6H2,1-2H3,(H2,16,17,18,19). The zero-order valence-corrected chi connectivity index (χ0v) is 13.2. The first-order chi connectivity index (χ1) is 10.3. The van der Waals surface area contributed by atoms with Crippen LogP contribution in [0.25, 0.3) is 0 Å². The second-order valence-corrected chi connectivity index (χ2v) is 6.02. The van der Waals surface area contributed by atoms with Gasteiger partial charge in [-0.25, -0.2) is 9.97 Å². The molecule has 2 aromatic rings. The van der Waals surface area contributed by atoms with Crippen molar-refractivity contribution in [2.24, 2.45) is 0 Å². The van der Waals surface area contributed by atoms with Gasteiger partial charge in [0.15, 0.2) is 11.6 Å². The van der Waals surface area contributed by atoms with Crippen molar-refractivity contribution in [3.8, 4) is 5.75 Å². The van der Waals surface area contributed by atoms with Crippen molar-refractivity contribution in [1.29, 1.82) is 0 Å². The van der Waals surface area contributed by atoms with Gasteiger partial charge >= 0.3 is 0 Å². The van der Waals surface area contributed by atoms with Gasteiger partial charge in [-0.3, -0.25) is 0 Å². The van der Waals surface area contributed by atoms with Crippen molar-refractivity contribution in [3.63, 3.8) is 0 Å². The van der Waals surface area contributed by atoms with Crippen molar-refractivity contribution < 1.29 is 4.74 Å². The third-order valence-corrected chi connectivity index (χ3v) is 4.71. The summed E-state index contributed by atoms with van der Waals surface area (Å²) in [5.74, 6) is 2.17. The first-order valence-electron chi connectivity index (χ1n) is 7.29. The van der Waals surface area contributed by atoms with Gasteiger partial charge in [-0.05, 0) is 43.2 Å². The minimum atomic E-state index is 0.304. The molecule has 0 spiro atoms. The third-order valence-electron chi connectivity index (χ3n) is 3.72. The summed E-state index contributed by atoms with van der Waals surface area (Å²) in [5.41, 5.74) is 1.40. The number of fused-ring (bicyclic) bond motifs is 1. The number of anilines is 2. The van der Waals surface area contributed by atoms with Crippen molar-refractivity contribution in [2.75, 3.05) is 24.3 Å². The number of rotatable bonds is 5. The Morgan fingerprint density at radius 1 is 1.38 bits per heavy atom. The molecule has 2 aromatic heterocycles. The smallest absolute Gasteiger partial charge is 0.204 e. The average Bonchev–Trinajstić information content (AvgIpc) is 2.97. The molecule has 5 nitrogen and oxygen atoms in total. The van der Waals surface area contributed by atoms with Crippen LogP contribution in [0.2, 0.25) is 0 Å². The summed E-state index contributed by atoms with van der Waals surface area (Å²) in [6, 6.07) is 2.52. The van der Waals surface area contributed by atoms with E-state index in [1.165, 1.54) is 23.3 Å². The van der Waals surface area contributed by atoms with E-state index >= 15 is 0 Å². The summed E-state index contributed by atoms with van der Waals surface area (Å²) in [6.45, 7) is 2.83. The second-order valence-electron chi connectivity index (χ2n) is 5.02. The molecular weight excluding hydrogens is 284 g/mol. The molecule has 3 rings (SSSR count). The van der Waals surface area contributed by atoms with Gasteiger partial charge in [0.1, 0.15) is 6.33 Å². The van der Waals surface area contributed by atoms with Gasteiger partial charge in [-0.15, -0.1) is 11.3 Å². The minimum absolute atomic E-state index is 0.304. The fourth-order valence-corrected chi connectivity index (χ4v) is 3.75. The molecule has 0 bridgehead atoms. The molecule has 1 unspecified atom stereocenters. The van der Waals surface area contributed by atoms with E-state index in [4.69, 9.17) is 4.74 Å². The molecule has 0 amide bonds. The van der Waals surface area contributed by atoms with Crippen LogP contribution in [0.4, 0.5) is 11.6 Å². The number of thiophene rings is 1. The Bertz CT molecular complexity index is 613. The molecule has 1 aliphatic carbocycles. The van der Waals surface area contributed by atoms with Gasteiger partial charge in [0.2, 0.25) is 5.75 Å². The summed E-state index contributed by atoms with van der Waals surface area (Å²) in [5, 5.41) is 8.91. The third kappa shape index (κ3) is 2.81. The van der Waals surface area contributed by atoms with E-state index in [9.17, 15) is 0 Å². The highest BCUT2D eigenvalue weighted by Crippen LogP contribution is 2.38. The van der Waals surface area contributed by atoms with Crippen LogP contribution in [0, 0.1) is 0 Å². The summed E-state index contributed by atoms with van der Waals surface area (Å²) in [7, 11) is 1.65. The van der Waals surface area contributed by atoms with Crippen LogP contribution < -0.4 is 15.4 Å². The lowest BCUT2D eigenvalue weighted by Crippen LogP contribution is -2.17. The van der Waals surface area contributed by atoms with Crippen LogP contribution in [0.3, 0.4) is 0 Å². The van der Waals surface area contributed by atoms with Crippen molar-refractivity contribution in [1.82, 2.24) is 9.97 Å². The zero-order valence-electron chi connectivity index (χ0n) is 12.3. The molecule has 0 saturated carbocycles. The maximum Gasteiger partial charge on any atom is 0.204 e. The number of nitrogens with zero attached hydrogens (tertiary/aromatic N) is 2. The van der Waals surface area contributed by atoms with Gasteiger partial charge in [-0.2, -0.15) is 0 Å². The van der Waals surface area contributed by atoms with Crippen LogP contribution in [0.5, 0.6) is 5.75 Å². The van der Waals surface area contributed by atoms with E-state index in [1.807, 2.05) is 18.3 Å². The van der Waals surface area contributed by atoms with Gasteiger partial charge < -0.3 is 15.4 Å². The topological polar surface area (TPSA) is 59.1 Å². The molecule has 2 heterocycles. The van der Waals surface area contributed by atoms with Gasteiger partial charge in [0.25, 0.3) is 0 Å². The molecule has 6 heteroatoms. The normalized spacial score (nSPS) is 17.1. The number of ether oxygens (including phenoxy) is 1. The first kappa shape index (κ1) is 14.1. The first-order valence-corrected chi connectivity index (χ1v) is 8.17. The second kappa shape index (κ2) is 6.30. The molecule has 1 aliphatic rings. The molecule has 0 fully saturated rings. The van der Waals surface area contributed by atoms with Crippen LogP contribution in [-0.4, -0.2) is 23.6 Å². The Hall–Kier alpha value is -1.82. The number of methoxy groups -OCH3 is 1. The summed E-state index contributed by atoms with van der Waals surface area (Å²) in [4.78, 5) is 10.1. The van der Waals surface area contributed by atoms with Gasteiger partial charge in [-0.1, -0.05) is 0 Å². The number of hydrogen-bond acceptors (Lipinski definition) is 6. The Balaban J connectivity index is 1.87. The van der Waals surface area contributed by atoms with Crippen LogP contribution in [-0.2, 0) is 6.42 Å². The fourth-order valence-electron chi connectivity index (χ4n) is 2.76. The van der Waals surface area contributed by atoms with Crippen molar-refractivity contribution >= 4 is 23.0 Å². The average molecular weight is 304 g/mol. The van der Waals surface area contributed by atoms with Crippen LogP contribution in [0.15, 0.2) is 17.8 Å². The largest absolute Gasteiger partial charge is 0.490 e. The van der Waals surface area contributed by atoms with E-state index in [-0.39, 0.29) is 0 Å². The van der Waals surface area contributed by atoms with E-state index in [2.05, 4.69) is 32.0 Å². The van der Waals surface area contributed by atoms with Crippen molar-refractivity contribution in [2.45, 2.75) is 32.2 Å². The quantitative estimate of drug-likeness (QED) is 0.886. The molecule has 0 aliphatic heterocycles. The Labute approximate surface area is 128 Å². The predicted octanol–water partition coefficient (Wildman–Crippen LogP) is 3.47. The Morgan fingerprint density at radius 3 is 3.05 bits per heavy atom. The Kier molecular flexibility index (Phi) is 4.24. The van der Waals surface area contributed by atoms with Crippen molar-refractivity contribution in [3.05, 3.63) is 28.2 Å². The van der Waals surface area contributed by atoms with E-state index in [0.717, 1.165) is 24.6 Å². The molecule has 0 aromatic carbocycles. The Morgan fingerprint density at radius 2 is 2.24 bits per heavy atom. The monoisotopic (exact) mass is 304 g/mol. The molecule has 21 heavy (non-hydrogen) atoms. The highest BCUT2D eigenvalue weighted by atomic mass is 32.1. The number of aryl methyl sites for hydroxylation is 1. The molecular formula is C15H20N4OS.